The number of aliphatic hydroxyl groups is 1. The molecule has 3 heteroatoms. The van der Waals surface area contributed by atoms with E-state index in [4.69, 9.17) is 4.74 Å². The molecule has 0 bridgehead atoms. The topological polar surface area (TPSA) is 46.5 Å². The molecule has 23 heavy (non-hydrogen) atoms. The monoisotopic (exact) mass is 318 g/mol. The van der Waals surface area contributed by atoms with E-state index >= 15 is 0 Å². The molecule has 3 nitrogen and oxygen atoms in total. The van der Waals surface area contributed by atoms with E-state index in [1.807, 2.05) is 0 Å². The number of ether oxygens (including phenoxy) is 1. The van der Waals surface area contributed by atoms with Crippen LogP contribution in [0, 0.1) is 34.5 Å². The largest absolute Gasteiger partial charge is 0.455 e. The zero-order chi connectivity index (χ0) is 16.6. The van der Waals surface area contributed by atoms with Gasteiger partial charge in [-0.15, -0.1) is 0 Å². The number of hydrogen-bond acceptors (Lipinski definition) is 3. The molecule has 0 radical (unpaired) electrons. The summed E-state index contributed by atoms with van der Waals surface area (Å²) in [6, 6.07) is 0. The maximum absolute atomic E-state index is 11.7. The summed E-state index contributed by atoms with van der Waals surface area (Å²) in [7, 11) is 0. The summed E-state index contributed by atoms with van der Waals surface area (Å²) in [5, 5.41) is 11.0. The quantitative estimate of drug-likeness (QED) is 0.693. The molecule has 0 amide bonds. The predicted molar refractivity (Wildman–Crippen MR) is 88.6 cm³/mol. The molecule has 0 unspecified atom stereocenters. The predicted octanol–water partition coefficient (Wildman–Crippen LogP) is 3.71. The third-order valence-corrected chi connectivity index (χ3v) is 8.13. The summed E-state index contributed by atoms with van der Waals surface area (Å²) in [6.45, 7) is 9.37. The van der Waals surface area contributed by atoms with E-state index in [0.29, 0.717) is 29.1 Å². The highest BCUT2D eigenvalue weighted by Crippen LogP contribution is 2.65. The van der Waals surface area contributed by atoms with E-state index in [1.165, 1.54) is 18.4 Å². The Hall–Kier alpha value is -0.830. The van der Waals surface area contributed by atoms with Crippen LogP contribution in [0.15, 0.2) is 11.6 Å². The standard InChI is InChI=1S/C20H30O3/c1-11-12-5-6-16-19(2,3)8-7-17(21)20(16,4)14(12)10-15-13(11)9-18(22)23-15/h9,11-12,14-17,21H,5-8,10H2,1-4H3/t11-,12-,14-,15-,16-,17+,20-/m1/s1. The second-order valence-corrected chi connectivity index (χ2v) is 9.40. The number of aliphatic hydroxyl groups excluding tert-OH is 1. The number of rotatable bonds is 0. The van der Waals surface area contributed by atoms with Gasteiger partial charge in [0.2, 0.25) is 0 Å². The van der Waals surface area contributed by atoms with Gasteiger partial charge in [0.15, 0.2) is 0 Å². The normalized spacial score (nSPS) is 51.2. The third kappa shape index (κ3) is 2.01. The summed E-state index contributed by atoms with van der Waals surface area (Å²) in [5.74, 6) is 1.84. The van der Waals surface area contributed by atoms with E-state index in [-0.39, 0.29) is 23.6 Å². The number of esters is 1. The molecule has 0 aromatic heterocycles. The number of hydrogen-bond donors (Lipinski definition) is 1. The molecule has 0 saturated heterocycles. The van der Waals surface area contributed by atoms with Gasteiger partial charge < -0.3 is 9.84 Å². The summed E-state index contributed by atoms with van der Waals surface area (Å²) < 4.78 is 5.58. The molecule has 3 fully saturated rings. The SMILES string of the molecule is C[C@H]1C2=CC(=O)O[C@@H]2C[C@@H]2[C@@H]1CC[C@@H]1C(C)(C)CC[C@H](O)[C@]21C. The van der Waals surface area contributed by atoms with E-state index < -0.39 is 0 Å². The Kier molecular flexibility index (Phi) is 3.30. The minimum Gasteiger partial charge on any atom is -0.455 e. The lowest BCUT2D eigenvalue weighted by Crippen LogP contribution is -2.60. The van der Waals surface area contributed by atoms with Gasteiger partial charge in [-0.1, -0.05) is 27.7 Å². The Bertz CT molecular complexity index is 563. The molecule has 3 aliphatic carbocycles. The fourth-order valence-corrected chi connectivity index (χ4v) is 6.88. The van der Waals surface area contributed by atoms with Gasteiger partial charge in [0, 0.05) is 11.5 Å². The van der Waals surface area contributed by atoms with Crippen LogP contribution in [0.1, 0.15) is 59.8 Å². The van der Waals surface area contributed by atoms with Crippen molar-refractivity contribution in [2.45, 2.75) is 72.0 Å². The van der Waals surface area contributed by atoms with Gasteiger partial charge in [-0.05, 0) is 66.8 Å². The van der Waals surface area contributed by atoms with Gasteiger partial charge >= 0.3 is 5.97 Å². The molecule has 7 atom stereocenters. The molecule has 0 aromatic carbocycles. The van der Waals surface area contributed by atoms with Crippen LogP contribution in [-0.4, -0.2) is 23.3 Å². The highest BCUT2D eigenvalue weighted by molar-refractivity contribution is 5.86. The Labute approximate surface area is 139 Å². The van der Waals surface area contributed by atoms with E-state index in [9.17, 15) is 9.90 Å². The second kappa shape index (κ2) is 4.84. The first kappa shape index (κ1) is 15.7. The zero-order valence-electron chi connectivity index (χ0n) is 14.8. The van der Waals surface area contributed by atoms with Crippen molar-refractivity contribution >= 4 is 5.97 Å². The van der Waals surface area contributed by atoms with Crippen LogP contribution in [0.2, 0.25) is 0 Å². The van der Waals surface area contributed by atoms with Crippen LogP contribution in [-0.2, 0) is 9.53 Å². The van der Waals surface area contributed by atoms with E-state index in [1.54, 1.807) is 6.08 Å². The fourth-order valence-electron chi connectivity index (χ4n) is 6.88. The van der Waals surface area contributed by atoms with Crippen molar-refractivity contribution in [1.82, 2.24) is 0 Å². The number of carbonyl (C=O) groups excluding carboxylic acids is 1. The third-order valence-electron chi connectivity index (χ3n) is 8.13. The molecule has 1 heterocycles. The van der Waals surface area contributed by atoms with Crippen molar-refractivity contribution in [1.29, 1.82) is 0 Å². The highest BCUT2D eigenvalue weighted by atomic mass is 16.5. The first-order chi connectivity index (χ1) is 10.7. The molecule has 0 spiro atoms. The molecular formula is C20H30O3. The van der Waals surface area contributed by atoms with Gasteiger partial charge in [0.25, 0.3) is 0 Å². The summed E-state index contributed by atoms with van der Waals surface area (Å²) in [4.78, 5) is 11.7. The van der Waals surface area contributed by atoms with Gasteiger partial charge in [-0.25, -0.2) is 4.79 Å². The van der Waals surface area contributed by atoms with Crippen molar-refractivity contribution in [2.75, 3.05) is 0 Å². The molecule has 4 rings (SSSR count). The maximum Gasteiger partial charge on any atom is 0.331 e. The number of carbonyl (C=O) groups is 1. The molecule has 1 aliphatic heterocycles. The van der Waals surface area contributed by atoms with Crippen LogP contribution >= 0.6 is 0 Å². The van der Waals surface area contributed by atoms with Gasteiger partial charge in [-0.3, -0.25) is 0 Å². The van der Waals surface area contributed by atoms with E-state index in [2.05, 4.69) is 27.7 Å². The lowest BCUT2D eigenvalue weighted by Gasteiger charge is -2.63. The van der Waals surface area contributed by atoms with Crippen molar-refractivity contribution in [3.05, 3.63) is 11.6 Å². The zero-order valence-corrected chi connectivity index (χ0v) is 14.8. The first-order valence-electron chi connectivity index (χ1n) is 9.35. The molecule has 128 valence electrons. The summed E-state index contributed by atoms with van der Waals surface area (Å²) in [6.07, 6.45) is 6.85. The maximum atomic E-state index is 11.7. The smallest absolute Gasteiger partial charge is 0.331 e. The first-order valence-corrected chi connectivity index (χ1v) is 9.35. The van der Waals surface area contributed by atoms with Crippen molar-refractivity contribution in [3.63, 3.8) is 0 Å². The molecule has 1 N–H and O–H groups in total. The second-order valence-electron chi connectivity index (χ2n) is 9.40. The van der Waals surface area contributed by atoms with Gasteiger partial charge in [-0.2, -0.15) is 0 Å². The van der Waals surface area contributed by atoms with Gasteiger partial charge in [0.1, 0.15) is 6.10 Å². The minimum atomic E-state index is -0.219. The van der Waals surface area contributed by atoms with Crippen molar-refractivity contribution in [3.8, 4) is 0 Å². The molecule has 4 aliphatic rings. The van der Waals surface area contributed by atoms with Crippen LogP contribution < -0.4 is 0 Å². The Morgan fingerprint density at radius 3 is 2.70 bits per heavy atom. The highest BCUT2D eigenvalue weighted by Gasteiger charge is 2.61. The van der Waals surface area contributed by atoms with Crippen LogP contribution in [0.3, 0.4) is 0 Å². The Morgan fingerprint density at radius 2 is 1.96 bits per heavy atom. The molecule has 0 aromatic rings. The summed E-state index contributed by atoms with van der Waals surface area (Å²) in [5.41, 5.74) is 1.47. The average Bonchev–Trinajstić information content (AvgIpc) is 2.85. The van der Waals surface area contributed by atoms with Crippen LogP contribution in [0.4, 0.5) is 0 Å². The lowest BCUT2D eigenvalue weighted by molar-refractivity contribution is -0.186. The average molecular weight is 318 g/mol. The Morgan fingerprint density at radius 1 is 1.22 bits per heavy atom. The summed E-state index contributed by atoms with van der Waals surface area (Å²) >= 11 is 0. The molecular weight excluding hydrogens is 288 g/mol. The van der Waals surface area contributed by atoms with Crippen LogP contribution in [0.5, 0.6) is 0 Å². The minimum absolute atomic E-state index is 0.0356. The van der Waals surface area contributed by atoms with E-state index in [0.717, 1.165) is 19.3 Å². The van der Waals surface area contributed by atoms with Gasteiger partial charge in [0.05, 0.1) is 6.10 Å². The van der Waals surface area contributed by atoms with Crippen LogP contribution in [0.25, 0.3) is 0 Å². The lowest BCUT2D eigenvalue weighted by atomic mass is 9.42. The van der Waals surface area contributed by atoms with Crippen molar-refractivity contribution < 1.29 is 14.6 Å². The van der Waals surface area contributed by atoms with Crippen molar-refractivity contribution in [2.24, 2.45) is 34.5 Å². The fraction of sp³-hybridized carbons (Fsp3) is 0.850. The Balaban J connectivity index is 1.73. The number of fused-ring (bicyclic) bond motifs is 4. The molecule has 3 saturated carbocycles.